The molecular formula is C29H40O6. The second kappa shape index (κ2) is 9.02. The third kappa shape index (κ3) is 4.12. The van der Waals surface area contributed by atoms with Gasteiger partial charge in [-0.25, -0.2) is 4.79 Å². The van der Waals surface area contributed by atoms with Gasteiger partial charge >= 0.3 is 5.97 Å². The predicted octanol–water partition coefficient (Wildman–Crippen LogP) is 5.28. The van der Waals surface area contributed by atoms with Gasteiger partial charge in [-0.2, -0.15) is 0 Å². The molecule has 0 radical (unpaired) electrons. The van der Waals surface area contributed by atoms with Crippen LogP contribution in [0.3, 0.4) is 0 Å². The minimum absolute atomic E-state index is 0.0360. The topological polar surface area (TPSA) is 101 Å². The number of carboxylic acids is 1. The van der Waals surface area contributed by atoms with E-state index in [1.165, 1.54) is 0 Å². The standard InChI is InChI=1S/C27H36O4.C2H4O2/c1-24-12-13-27(16-24)19(15-21(24)29)14-20(31-23(30)18-8-5-4-6-9-18)22-25(2,17-28)10-7-11-26(22,27)3;1-2(3)4/h4-6,8-9,19-20,22,28H,7,10-17H2,1-3H3;1H3,(H,3,4)/t19-,20?,22?,24?,25?,26-,27?;/m0./s1. The number of ketones is 1. The maximum absolute atomic E-state index is 13.1. The van der Waals surface area contributed by atoms with Gasteiger partial charge in [0.2, 0.25) is 0 Å². The van der Waals surface area contributed by atoms with Crippen molar-refractivity contribution in [2.75, 3.05) is 6.61 Å². The fourth-order valence-electron chi connectivity index (χ4n) is 8.73. The van der Waals surface area contributed by atoms with Crippen molar-refractivity contribution in [1.29, 1.82) is 0 Å². The van der Waals surface area contributed by atoms with E-state index in [2.05, 4.69) is 20.8 Å². The largest absolute Gasteiger partial charge is 0.481 e. The van der Waals surface area contributed by atoms with E-state index in [0.717, 1.165) is 51.9 Å². The molecular weight excluding hydrogens is 444 g/mol. The number of aliphatic hydroxyl groups is 1. The molecule has 6 heteroatoms. The van der Waals surface area contributed by atoms with E-state index < -0.39 is 5.97 Å². The number of carbonyl (C=O) groups excluding carboxylic acids is 2. The van der Waals surface area contributed by atoms with Crippen LogP contribution in [0.5, 0.6) is 0 Å². The summed E-state index contributed by atoms with van der Waals surface area (Å²) in [4.78, 5) is 35.1. The number of esters is 1. The lowest BCUT2D eigenvalue weighted by Crippen LogP contribution is -2.65. The first-order valence-corrected chi connectivity index (χ1v) is 13.0. The van der Waals surface area contributed by atoms with Gasteiger partial charge in [0.05, 0.1) is 5.56 Å². The van der Waals surface area contributed by atoms with Crippen molar-refractivity contribution in [3.8, 4) is 0 Å². The van der Waals surface area contributed by atoms with E-state index in [-0.39, 0.29) is 52.2 Å². The predicted molar refractivity (Wildman–Crippen MR) is 132 cm³/mol. The van der Waals surface area contributed by atoms with Crippen LogP contribution in [0.2, 0.25) is 0 Å². The third-order valence-corrected chi connectivity index (χ3v) is 10.3. The summed E-state index contributed by atoms with van der Waals surface area (Å²) in [5.41, 5.74) is 0.192. The molecule has 0 heterocycles. The third-order valence-electron chi connectivity index (χ3n) is 10.3. The summed E-state index contributed by atoms with van der Waals surface area (Å²) in [6.07, 6.45) is 7.28. The van der Waals surface area contributed by atoms with E-state index in [0.29, 0.717) is 17.8 Å². The zero-order valence-electron chi connectivity index (χ0n) is 21.5. The van der Waals surface area contributed by atoms with Crippen LogP contribution in [-0.4, -0.2) is 40.6 Å². The molecule has 35 heavy (non-hydrogen) atoms. The summed E-state index contributed by atoms with van der Waals surface area (Å²) in [6.45, 7) is 7.97. The Labute approximate surface area is 208 Å². The molecule has 192 valence electrons. The van der Waals surface area contributed by atoms with Crippen LogP contribution in [0.1, 0.15) is 89.4 Å². The van der Waals surface area contributed by atoms with E-state index in [4.69, 9.17) is 14.6 Å². The van der Waals surface area contributed by atoms with E-state index in [1.807, 2.05) is 18.2 Å². The van der Waals surface area contributed by atoms with Gasteiger partial charge in [0.25, 0.3) is 5.97 Å². The summed E-state index contributed by atoms with van der Waals surface area (Å²) >= 11 is 0. The molecule has 7 atom stereocenters. The molecule has 5 rings (SSSR count). The quantitative estimate of drug-likeness (QED) is 0.566. The number of carboxylic acid groups (broad SMARTS) is 1. The number of hydrogen-bond donors (Lipinski definition) is 2. The van der Waals surface area contributed by atoms with Gasteiger partial charge in [-0.15, -0.1) is 0 Å². The van der Waals surface area contributed by atoms with Gasteiger partial charge in [-0.05, 0) is 72.8 Å². The molecule has 1 spiro atoms. The zero-order chi connectivity index (χ0) is 25.6. The number of ether oxygens (including phenoxy) is 1. The zero-order valence-corrected chi connectivity index (χ0v) is 21.5. The van der Waals surface area contributed by atoms with Crippen molar-refractivity contribution in [3.63, 3.8) is 0 Å². The minimum atomic E-state index is -0.833. The van der Waals surface area contributed by atoms with Crippen LogP contribution in [0.15, 0.2) is 30.3 Å². The summed E-state index contributed by atoms with van der Waals surface area (Å²) in [5.74, 6) is -0.334. The van der Waals surface area contributed by atoms with E-state index in [1.54, 1.807) is 12.1 Å². The molecule has 6 nitrogen and oxygen atoms in total. The average molecular weight is 485 g/mol. The van der Waals surface area contributed by atoms with Crippen LogP contribution in [0.25, 0.3) is 0 Å². The Morgan fingerprint density at radius 1 is 1.06 bits per heavy atom. The summed E-state index contributed by atoms with van der Waals surface area (Å²) in [7, 11) is 0. The normalized spacial score (nSPS) is 41.6. The lowest BCUT2D eigenvalue weighted by molar-refractivity contribution is -0.224. The molecule has 4 fully saturated rings. The van der Waals surface area contributed by atoms with Crippen molar-refractivity contribution in [3.05, 3.63) is 35.9 Å². The van der Waals surface area contributed by atoms with Crippen molar-refractivity contribution in [1.82, 2.24) is 0 Å². The highest BCUT2D eigenvalue weighted by Crippen LogP contribution is 2.75. The molecule has 1 aromatic carbocycles. The lowest BCUT2D eigenvalue weighted by atomic mass is 9.37. The van der Waals surface area contributed by atoms with Gasteiger partial charge in [0.1, 0.15) is 11.9 Å². The second-order valence-electron chi connectivity index (χ2n) is 12.3. The molecule has 1 aromatic rings. The summed E-state index contributed by atoms with van der Waals surface area (Å²) < 4.78 is 6.26. The maximum Gasteiger partial charge on any atom is 0.338 e. The Kier molecular flexibility index (Phi) is 6.67. The molecule has 0 aliphatic heterocycles. The number of rotatable bonds is 3. The molecule has 2 N–H and O–H groups in total. The van der Waals surface area contributed by atoms with Gasteiger partial charge < -0.3 is 14.9 Å². The molecule has 2 bridgehead atoms. The van der Waals surface area contributed by atoms with E-state index in [9.17, 15) is 14.7 Å². The van der Waals surface area contributed by atoms with Crippen LogP contribution in [0.4, 0.5) is 0 Å². The first kappa shape index (κ1) is 25.9. The van der Waals surface area contributed by atoms with Crippen LogP contribution >= 0.6 is 0 Å². The molecule has 0 amide bonds. The maximum atomic E-state index is 13.1. The Hall–Kier alpha value is -2.21. The smallest absolute Gasteiger partial charge is 0.338 e. The molecule has 4 saturated carbocycles. The van der Waals surface area contributed by atoms with Gasteiger partial charge in [-0.1, -0.05) is 45.4 Å². The fourth-order valence-corrected chi connectivity index (χ4v) is 8.73. The SMILES string of the molecule is CC(=O)O.CC12CCC3(C1)[C@H](CC2=O)CC(OC(=O)c1ccccc1)C1C(C)(CO)CCC[C@@]13C. The number of aliphatic carboxylic acids is 1. The Morgan fingerprint density at radius 3 is 2.34 bits per heavy atom. The summed E-state index contributed by atoms with van der Waals surface area (Å²) in [5, 5.41) is 18.0. The van der Waals surface area contributed by atoms with Crippen LogP contribution in [-0.2, 0) is 14.3 Å². The highest BCUT2D eigenvalue weighted by molar-refractivity contribution is 5.89. The minimum Gasteiger partial charge on any atom is -0.481 e. The number of benzene rings is 1. The van der Waals surface area contributed by atoms with Gasteiger partial charge in [0, 0.05) is 31.3 Å². The highest BCUT2D eigenvalue weighted by Gasteiger charge is 2.72. The fraction of sp³-hybridized carbons (Fsp3) is 0.690. The molecule has 0 aromatic heterocycles. The molecule has 5 unspecified atom stereocenters. The molecule has 0 saturated heterocycles. The van der Waals surface area contributed by atoms with Crippen molar-refractivity contribution < 1.29 is 29.3 Å². The molecule has 4 aliphatic carbocycles. The number of fused-ring (bicyclic) bond motifs is 2. The first-order chi connectivity index (χ1) is 16.4. The number of Topliss-reactive ketones (excluding diaryl/α,β-unsaturated/α-hetero) is 1. The van der Waals surface area contributed by atoms with Crippen molar-refractivity contribution in [2.45, 2.75) is 85.2 Å². The van der Waals surface area contributed by atoms with Gasteiger partial charge in [0.15, 0.2) is 0 Å². The van der Waals surface area contributed by atoms with Crippen LogP contribution in [0, 0.1) is 33.5 Å². The molecule has 4 aliphatic rings. The first-order valence-electron chi connectivity index (χ1n) is 13.0. The number of aliphatic hydroxyl groups excluding tert-OH is 1. The Bertz CT molecular complexity index is 986. The average Bonchev–Trinajstić information content (AvgIpc) is 3.13. The monoisotopic (exact) mass is 484 g/mol. The number of hydrogen-bond acceptors (Lipinski definition) is 5. The lowest BCUT2D eigenvalue weighted by Gasteiger charge is -2.67. The van der Waals surface area contributed by atoms with Gasteiger partial charge in [-0.3, -0.25) is 9.59 Å². The second-order valence-corrected chi connectivity index (χ2v) is 12.3. The Balaban J connectivity index is 0.000000672. The Morgan fingerprint density at radius 2 is 1.71 bits per heavy atom. The van der Waals surface area contributed by atoms with Crippen molar-refractivity contribution >= 4 is 17.7 Å². The number of carbonyl (C=O) groups is 3. The van der Waals surface area contributed by atoms with E-state index >= 15 is 0 Å². The highest BCUT2D eigenvalue weighted by atomic mass is 16.5. The van der Waals surface area contributed by atoms with Crippen LogP contribution < -0.4 is 0 Å². The summed E-state index contributed by atoms with van der Waals surface area (Å²) in [6, 6.07) is 9.20. The van der Waals surface area contributed by atoms with Crippen molar-refractivity contribution in [2.24, 2.45) is 33.5 Å².